The number of benzene rings is 1. The van der Waals surface area contributed by atoms with Gasteiger partial charge in [0.2, 0.25) is 0 Å². The lowest BCUT2D eigenvalue weighted by molar-refractivity contribution is 0.157. The maximum atomic E-state index is 5.91. The Morgan fingerprint density at radius 2 is 2.00 bits per heavy atom. The minimum absolute atomic E-state index is 0.196. The Kier molecular flexibility index (Phi) is 2.18. The summed E-state index contributed by atoms with van der Waals surface area (Å²) in [6, 6.07) is 4.12. The molecule has 1 aliphatic heterocycles. The first-order chi connectivity index (χ1) is 6.49. The molecule has 1 nitrogen and oxygen atoms in total. The van der Waals surface area contributed by atoms with Crippen molar-refractivity contribution in [3.63, 3.8) is 0 Å². The van der Waals surface area contributed by atoms with Crippen molar-refractivity contribution in [2.24, 2.45) is 0 Å². The quantitative estimate of drug-likeness (QED) is 0.680. The molecule has 0 bridgehead atoms. The Morgan fingerprint density at radius 3 is 2.71 bits per heavy atom. The topological polar surface area (TPSA) is 9.23 Å². The van der Waals surface area contributed by atoms with E-state index in [0.29, 0.717) is 0 Å². The third-order valence-electron chi connectivity index (χ3n) is 2.36. The highest BCUT2D eigenvalue weighted by atomic mass is 79.9. The highest BCUT2D eigenvalue weighted by Crippen LogP contribution is 2.37. The maximum absolute atomic E-state index is 5.91. The van der Waals surface area contributed by atoms with E-state index in [1.807, 2.05) is 0 Å². The fourth-order valence-corrected chi connectivity index (χ4v) is 2.00. The van der Waals surface area contributed by atoms with Gasteiger partial charge in [-0.1, -0.05) is 28.1 Å². The van der Waals surface area contributed by atoms with E-state index in [1.54, 1.807) is 0 Å². The van der Waals surface area contributed by atoms with Crippen LogP contribution in [0, 0.1) is 6.92 Å². The molecule has 2 heteroatoms. The summed E-state index contributed by atoms with van der Waals surface area (Å²) < 4.78 is 7.00. The number of hydrogen-bond acceptors (Lipinski definition) is 1. The van der Waals surface area contributed by atoms with Gasteiger partial charge in [0.25, 0.3) is 0 Å². The molecule has 74 valence electrons. The van der Waals surface area contributed by atoms with Crippen LogP contribution in [0.1, 0.15) is 25.0 Å². The Labute approximate surface area is 92.9 Å². The van der Waals surface area contributed by atoms with Crippen LogP contribution in [-0.2, 0) is 0 Å². The minimum atomic E-state index is -0.196. The van der Waals surface area contributed by atoms with Gasteiger partial charge in [0.05, 0.1) is 0 Å². The molecule has 1 aromatic rings. The van der Waals surface area contributed by atoms with Gasteiger partial charge in [0.15, 0.2) is 0 Å². The van der Waals surface area contributed by atoms with Crippen molar-refractivity contribution in [3.05, 3.63) is 33.8 Å². The molecule has 1 aromatic carbocycles. The minimum Gasteiger partial charge on any atom is -0.483 e. The zero-order valence-electron chi connectivity index (χ0n) is 8.60. The average molecular weight is 253 g/mol. The Hall–Kier alpha value is -0.760. The van der Waals surface area contributed by atoms with Crippen molar-refractivity contribution in [1.82, 2.24) is 0 Å². The highest BCUT2D eigenvalue weighted by Gasteiger charge is 2.23. The van der Waals surface area contributed by atoms with Crippen LogP contribution in [-0.4, -0.2) is 5.60 Å². The van der Waals surface area contributed by atoms with Crippen LogP contribution in [0.4, 0.5) is 0 Å². The van der Waals surface area contributed by atoms with Gasteiger partial charge in [-0.05, 0) is 38.5 Å². The molecule has 0 N–H and O–H groups in total. The molecule has 14 heavy (non-hydrogen) atoms. The van der Waals surface area contributed by atoms with E-state index in [1.165, 1.54) is 5.56 Å². The van der Waals surface area contributed by atoms with Crippen LogP contribution < -0.4 is 4.74 Å². The van der Waals surface area contributed by atoms with Crippen LogP contribution in [0.3, 0.4) is 0 Å². The predicted octanol–water partition coefficient (Wildman–Crippen LogP) is 3.94. The van der Waals surface area contributed by atoms with Gasteiger partial charge in [0.1, 0.15) is 11.4 Å². The summed E-state index contributed by atoms with van der Waals surface area (Å²) in [5.41, 5.74) is 2.13. The summed E-state index contributed by atoms with van der Waals surface area (Å²) in [4.78, 5) is 0. The van der Waals surface area contributed by atoms with E-state index in [0.717, 1.165) is 15.8 Å². The van der Waals surface area contributed by atoms with E-state index in [9.17, 15) is 0 Å². The van der Waals surface area contributed by atoms with Crippen molar-refractivity contribution in [2.45, 2.75) is 26.4 Å². The lowest BCUT2D eigenvalue weighted by atomic mass is 10.0. The number of ether oxygens (including phenoxy) is 1. The standard InChI is InChI=1S/C12H13BrO/c1-8-4-5-10(13)9-6-7-12(2,3)14-11(8)9/h4-7H,1-3H3. The fraction of sp³-hybridized carbons (Fsp3) is 0.333. The molecule has 1 heterocycles. The first-order valence-corrected chi connectivity index (χ1v) is 5.46. The first-order valence-electron chi connectivity index (χ1n) is 4.67. The summed E-state index contributed by atoms with van der Waals surface area (Å²) in [7, 11) is 0. The summed E-state index contributed by atoms with van der Waals surface area (Å²) in [5, 5.41) is 0. The van der Waals surface area contributed by atoms with Crippen molar-refractivity contribution < 1.29 is 4.74 Å². The predicted molar refractivity (Wildman–Crippen MR) is 62.6 cm³/mol. The zero-order valence-corrected chi connectivity index (χ0v) is 10.2. The molecule has 0 radical (unpaired) electrons. The van der Waals surface area contributed by atoms with Gasteiger partial charge in [-0.3, -0.25) is 0 Å². The molecule has 0 unspecified atom stereocenters. The fourth-order valence-electron chi connectivity index (χ4n) is 1.56. The van der Waals surface area contributed by atoms with Crippen LogP contribution in [0.25, 0.3) is 6.08 Å². The summed E-state index contributed by atoms with van der Waals surface area (Å²) in [6.45, 7) is 6.19. The van der Waals surface area contributed by atoms with Crippen LogP contribution in [0.5, 0.6) is 5.75 Å². The van der Waals surface area contributed by atoms with Gasteiger partial charge in [-0.2, -0.15) is 0 Å². The van der Waals surface area contributed by atoms with Gasteiger partial charge < -0.3 is 4.74 Å². The number of aryl methyl sites for hydroxylation is 1. The number of fused-ring (bicyclic) bond motifs is 1. The molecule has 1 aliphatic rings. The van der Waals surface area contributed by atoms with Crippen molar-refractivity contribution in [1.29, 1.82) is 0 Å². The van der Waals surface area contributed by atoms with Crippen LogP contribution in [0.2, 0.25) is 0 Å². The molecule has 0 spiro atoms. The van der Waals surface area contributed by atoms with Gasteiger partial charge in [-0.15, -0.1) is 0 Å². The lowest BCUT2D eigenvalue weighted by Crippen LogP contribution is -2.28. The van der Waals surface area contributed by atoms with Gasteiger partial charge >= 0.3 is 0 Å². The van der Waals surface area contributed by atoms with Crippen LogP contribution >= 0.6 is 15.9 Å². The monoisotopic (exact) mass is 252 g/mol. The molecule has 0 aliphatic carbocycles. The molecular weight excluding hydrogens is 240 g/mol. The summed E-state index contributed by atoms with van der Waals surface area (Å²) >= 11 is 3.52. The molecule has 2 rings (SSSR count). The molecular formula is C12H13BrO. The highest BCUT2D eigenvalue weighted by molar-refractivity contribution is 9.10. The van der Waals surface area contributed by atoms with Crippen molar-refractivity contribution in [3.8, 4) is 5.75 Å². The molecule has 0 aromatic heterocycles. The number of rotatable bonds is 0. The Morgan fingerprint density at radius 1 is 1.29 bits per heavy atom. The van der Waals surface area contributed by atoms with Crippen molar-refractivity contribution >= 4 is 22.0 Å². The molecule has 0 saturated carbocycles. The van der Waals surface area contributed by atoms with E-state index in [4.69, 9.17) is 4.74 Å². The summed E-state index contributed by atoms with van der Waals surface area (Å²) in [6.07, 6.45) is 4.20. The lowest BCUT2D eigenvalue weighted by Gasteiger charge is -2.29. The third kappa shape index (κ3) is 1.59. The second-order valence-corrected chi connectivity index (χ2v) is 5.00. The zero-order chi connectivity index (χ0) is 10.3. The Bertz CT molecular complexity index is 405. The van der Waals surface area contributed by atoms with Crippen LogP contribution in [0.15, 0.2) is 22.7 Å². The smallest absolute Gasteiger partial charge is 0.131 e. The average Bonchev–Trinajstić information content (AvgIpc) is 2.10. The normalized spacial score (nSPS) is 17.4. The second kappa shape index (κ2) is 3.13. The first kappa shape index (κ1) is 9.78. The molecule has 0 amide bonds. The number of halogens is 1. The molecule has 0 fully saturated rings. The summed E-state index contributed by atoms with van der Waals surface area (Å²) in [5.74, 6) is 0.992. The maximum Gasteiger partial charge on any atom is 0.131 e. The largest absolute Gasteiger partial charge is 0.483 e. The third-order valence-corrected chi connectivity index (χ3v) is 3.05. The molecule has 0 atom stereocenters. The Balaban J connectivity index is 2.60. The van der Waals surface area contributed by atoms with E-state index in [2.05, 4.69) is 61.0 Å². The van der Waals surface area contributed by atoms with E-state index < -0.39 is 0 Å². The van der Waals surface area contributed by atoms with Gasteiger partial charge in [-0.25, -0.2) is 0 Å². The second-order valence-electron chi connectivity index (χ2n) is 4.15. The van der Waals surface area contributed by atoms with Gasteiger partial charge in [0, 0.05) is 10.0 Å². The molecule has 0 saturated heterocycles. The van der Waals surface area contributed by atoms with Crippen molar-refractivity contribution in [2.75, 3.05) is 0 Å². The van der Waals surface area contributed by atoms with E-state index in [-0.39, 0.29) is 5.60 Å². The number of hydrogen-bond donors (Lipinski definition) is 0. The van der Waals surface area contributed by atoms with E-state index >= 15 is 0 Å². The SMILES string of the molecule is Cc1ccc(Br)c2c1OC(C)(C)C=C2.